The van der Waals surface area contributed by atoms with Crippen LogP contribution in [0.1, 0.15) is 44.7 Å². The molecular formula is C20H31N3O2. The molecule has 5 heteroatoms. The van der Waals surface area contributed by atoms with Gasteiger partial charge in [0.25, 0.3) is 0 Å². The third-order valence-electron chi connectivity index (χ3n) is 4.95. The maximum atomic E-state index is 12.1. The number of carbonyl (C=O) groups excluding carboxylic acids is 1. The number of piperidine rings is 1. The van der Waals surface area contributed by atoms with Crippen LogP contribution in [0.4, 0.5) is 10.5 Å². The van der Waals surface area contributed by atoms with Gasteiger partial charge in [-0.1, -0.05) is 18.2 Å². The second kappa shape index (κ2) is 7.65. The summed E-state index contributed by atoms with van der Waals surface area (Å²) in [6.07, 6.45) is 3.03. The minimum atomic E-state index is -0.417. The summed E-state index contributed by atoms with van der Waals surface area (Å²) < 4.78 is 5.46. The Hall–Kier alpha value is -1.75. The molecule has 0 aromatic heterocycles. The zero-order valence-electron chi connectivity index (χ0n) is 15.7. The predicted molar refractivity (Wildman–Crippen MR) is 101 cm³/mol. The predicted octanol–water partition coefficient (Wildman–Crippen LogP) is 3.39. The number of fused-ring (bicyclic) bond motifs is 1. The van der Waals surface area contributed by atoms with Crippen molar-refractivity contribution in [2.24, 2.45) is 5.92 Å². The van der Waals surface area contributed by atoms with E-state index in [0.29, 0.717) is 5.92 Å². The van der Waals surface area contributed by atoms with Gasteiger partial charge in [-0.15, -0.1) is 0 Å². The van der Waals surface area contributed by atoms with E-state index in [9.17, 15) is 4.79 Å². The summed E-state index contributed by atoms with van der Waals surface area (Å²) >= 11 is 0. The molecular weight excluding hydrogens is 314 g/mol. The fraction of sp³-hybridized carbons (Fsp3) is 0.650. The number of anilines is 1. The fourth-order valence-electron chi connectivity index (χ4n) is 3.62. The van der Waals surface area contributed by atoms with Crippen LogP contribution in [0.3, 0.4) is 0 Å². The van der Waals surface area contributed by atoms with Crippen LogP contribution in [-0.2, 0) is 17.7 Å². The highest BCUT2D eigenvalue weighted by Crippen LogP contribution is 2.26. The van der Waals surface area contributed by atoms with Gasteiger partial charge in [0.05, 0.1) is 0 Å². The lowest BCUT2D eigenvalue weighted by atomic mass is 9.97. The fourth-order valence-corrected chi connectivity index (χ4v) is 3.62. The van der Waals surface area contributed by atoms with Crippen molar-refractivity contribution in [2.45, 2.75) is 52.2 Å². The SMILES string of the molecule is CC(C)(C)OC(=O)N1CCC(CNCc2cccc3c2NCC3)CC1. The van der Waals surface area contributed by atoms with Crippen LogP contribution < -0.4 is 10.6 Å². The van der Waals surface area contributed by atoms with Crippen molar-refractivity contribution >= 4 is 11.8 Å². The van der Waals surface area contributed by atoms with Gasteiger partial charge in [-0.25, -0.2) is 4.79 Å². The molecule has 1 aromatic carbocycles. The number of nitrogens with one attached hydrogen (secondary N) is 2. The van der Waals surface area contributed by atoms with Crippen LogP contribution in [0.5, 0.6) is 0 Å². The molecule has 0 aliphatic carbocycles. The molecule has 0 saturated carbocycles. The van der Waals surface area contributed by atoms with Gasteiger partial charge in [-0.05, 0) is 63.6 Å². The molecule has 138 valence electrons. The van der Waals surface area contributed by atoms with Gasteiger partial charge >= 0.3 is 6.09 Å². The lowest BCUT2D eigenvalue weighted by Crippen LogP contribution is -2.43. The first-order chi connectivity index (χ1) is 11.9. The van der Waals surface area contributed by atoms with Crippen molar-refractivity contribution in [3.8, 4) is 0 Å². The number of carbonyl (C=O) groups is 1. The van der Waals surface area contributed by atoms with Crippen LogP contribution in [-0.4, -0.2) is 42.8 Å². The molecule has 0 spiro atoms. The van der Waals surface area contributed by atoms with Crippen molar-refractivity contribution in [1.82, 2.24) is 10.2 Å². The summed E-state index contributed by atoms with van der Waals surface area (Å²) in [6.45, 7) is 10.3. The molecule has 2 aliphatic heterocycles. The highest BCUT2D eigenvalue weighted by atomic mass is 16.6. The zero-order chi connectivity index (χ0) is 17.9. The number of ether oxygens (including phenoxy) is 1. The van der Waals surface area contributed by atoms with E-state index in [1.807, 2.05) is 25.7 Å². The van der Waals surface area contributed by atoms with Crippen LogP contribution >= 0.6 is 0 Å². The molecule has 2 N–H and O–H groups in total. The Morgan fingerprint density at radius 2 is 2.08 bits per heavy atom. The first-order valence-electron chi connectivity index (χ1n) is 9.45. The Balaban J connectivity index is 1.40. The first kappa shape index (κ1) is 18.1. The summed E-state index contributed by atoms with van der Waals surface area (Å²) in [5.74, 6) is 0.628. The van der Waals surface area contributed by atoms with Gasteiger partial charge < -0.3 is 20.3 Å². The first-order valence-corrected chi connectivity index (χ1v) is 9.45. The van der Waals surface area contributed by atoms with Crippen LogP contribution in [0.25, 0.3) is 0 Å². The normalized spacial score (nSPS) is 18.0. The van der Waals surface area contributed by atoms with E-state index in [1.165, 1.54) is 16.8 Å². The van der Waals surface area contributed by atoms with E-state index >= 15 is 0 Å². The van der Waals surface area contributed by atoms with Crippen molar-refractivity contribution in [3.05, 3.63) is 29.3 Å². The van der Waals surface area contributed by atoms with Gasteiger partial charge in [0, 0.05) is 31.9 Å². The topological polar surface area (TPSA) is 53.6 Å². The second-order valence-corrected chi connectivity index (χ2v) is 8.17. The second-order valence-electron chi connectivity index (χ2n) is 8.17. The number of rotatable bonds is 4. The number of benzene rings is 1. The largest absolute Gasteiger partial charge is 0.444 e. The minimum Gasteiger partial charge on any atom is -0.444 e. The molecule has 2 heterocycles. The summed E-state index contributed by atoms with van der Waals surface area (Å²) in [4.78, 5) is 14.0. The standard InChI is InChI=1S/C20H31N3O2/c1-20(2,3)25-19(24)23-11-8-15(9-12-23)13-21-14-17-6-4-5-16-7-10-22-18(16)17/h4-6,15,21-22H,7-14H2,1-3H3. The molecule has 2 aliphatic rings. The van der Waals surface area contributed by atoms with Crippen LogP contribution in [0, 0.1) is 5.92 Å². The summed E-state index contributed by atoms with van der Waals surface area (Å²) in [6, 6.07) is 6.57. The highest BCUT2D eigenvalue weighted by molar-refractivity contribution is 5.68. The van der Waals surface area contributed by atoms with E-state index in [4.69, 9.17) is 4.74 Å². The molecule has 1 aromatic rings. The van der Waals surface area contributed by atoms with E-state index in [1.54, 1.807) is 0 Å². The number of likely N-dealkylation sites (tertiary alicyclic amines) is 1. The molecule has 0 unspecified atom stereocenters. The van der Waals surface area contributed by atoms with Crippen LogP contribution in [0.15, 0.2) is 18.2 Å². The average molecular weight is 345 g/mol. The number of nitrogens with zero attached hydrogens (tertiary/aromatic N) is 1. The maximum Gasteiger partial charge on any atom is 0.410 e. The number of hydrogen-bond donors (Lipinski definition) is 2. The van der Waals surface area contributed by atoms with E-state index in [0.717, 1.165) is 52.0 Å². The smallest absolute Gasteiger partial charge is 0.410 e. The van der Waals surface area contributed by atoms with Gasteiger partial charge in [-0.2, -0.15) is 0 Å². The third kappa shape index (κ3) is 4.88. The van der Waals surface area contributed by atoms with Gasteiger partial charge in [-0.3, -0.25) is 0 Å². The summed E-state index contributed by atoms with van der Waals surface area (Å²) in [5, 5.41) is 7.10. The number of para-hydroxylation sites is 1. The quantitative estimate of drug-likeness (QED) is 0.878. The van der Waals surface area contributed by atoms with E-state index in [2.05, 4.69) is 28.8 Å². The van der Waals surface area contributed by atoms with Gasteiger partial charge in [0.1, 0.15) is 5.60 Å². The van der Waals surface area contributed by atoms with Crippen molar-refractivity contribution < 1.29 is 9.53 Å². The molecule has 0 atom stereocenters. The highest BCUT2D eigenvalue weighted by Gasteiger charge is 2.26. The number of amides is 1. The average Bonchev–Trinajstić information content (AvgIpc) is 3.03. The Bertz CT molecular complexity index is 601. The molecule has 0 bridgehead atoms. The third-order valence-corrected chi connectivity index (χ3v) is 4.95. The Labute approximate surface area is 151 Å². The Morgan fingerprint density at radius 1 is 1.32 bits per heavy atom. The Morgan fingerprint density at radius 3 is 2.80 bits per heavy atom. The van der Waals surface area contributed by atoms with Gasteiger partial charge in [0.2, 0.25) is 0 Å². The minimum absolute atomic E-state index is 0.176. The Kier molecular flexibility index (Phi) is 5.52. The molecule has 1 fully saturated rings. The van der Waals surface area contributed by atoms with Crippen LogP contribution in [0.2, 0.25) is 0 Å². The van der Waals surface area contributed by atoms with Gasteiger partial charge in [0.15, 0.2) is 0 Å². The lowest BCUT2D eigenvalue weighted by molar-refractivity contribution is 0.0184. The maximum absolute atomic E-state index is 12.1. The van der Waals surface area contributed by atoms with E-state index in [-0.39, 0.29) is 6.09 Å². The van der Waals surface area contributed by atoms with Crippen molar-refractivity contribution in [2.75, 3.05) is 31.5 Å². The molecule has 1 amide bonds. The molecule has 5 nitrogen and oxygen atoms in total. The molecule has 0 radical (unpaired) electrons. The monoisotopic (exact) mass is 345 g/mol. The lowest BCUT2D eigenvalue weighted by Gasteiger charge is -2.33. The van der Waals surface area contributed by atoms with Crippen molar-refractivity contribution in [3.63, 3.8) is 0 Å². The molecule has 25 heavy (non-hydrogen) atoms. The van der Waals surface area contributed by atoms with E-state index < -0.39 is 5.60 Å². The summed E-state index contributed by atoms with van der Waals surface area (Å²) in [7, 11) is 0. The number of hydrogen-bond acceptors (Lipinski definition) is 4. The van der Waals surface area contributed by atoms with Crippen molar-refractivity contribution in [1.29, 1.82) is 0 Å². The zero-order valence-corrected chi connectivity index (χ0v) is 15.7. The molecule has 1 saturated heterocycles. The summed E-state index contributed by atoms with van der Waals surface area (Å²) in [5.41, 5.74) is 3.71. The molecule has 3 rings (SSSR count).